The summed E-state index contributed by atoms with van der Waals surface area (Å²) in [6, 6.07) is 12.4. The zero-order valence-electron chi connectivity index (χ0n) is 12.5. The first kappa shape index (κ1) is 16.4. The molecule has 0 saturated carbocycles. The number of rotatable bonds is 7. The van der Waals surface area contributed by atoms with Gasteiger partial charge in [0, 0.05) is 30.5 Å². The van der Waals surface area contributed by atoms with E-state index in [-0.39, 0.29) is 11.6 Å². The second-order valence-electron chi connectivity index (χ2n) is 4.63. The Labute approximate surface area is 133 Å². The van der Waals surface area contributed by atoms with Crippen LogP contribution in [0.1, 0.15) is 10.4 Å². The second-order valence-corrected chi connectivity index (χ2v) is 4.63. The first-order valence-corrected chi connectivity index (χ1v) is 6.88. The third-order valence-electron chi connectivity index (χ3n) is 2.99. The van der Waals surface area contributed by atoms with Gasteiger partial charge in [-0.05, 0) is 30.3 Å². The molecule has 2 rings (SSSR count). The van der Waals surface area contributed by atoms with Gasteiger partial charge in [-0.15, -0.1) is 0 Å². The molecule has 0 aromatic heterocycles. The summed E-state index contributed by atoms with van der Waals surface area (Å²) in [7, 11) is 1.59. The Balaban J connectivity index is 2.00. The quantitative estimate of drug-likeness (QED) is 0.482. The van der Waals surface area contributed by atoms with Crippen LogP contribution in [0.25, 0.3) is 0 Å². The summed E-state index contributed by atoms with van der Waals surface area (Å²) in [6.07, 6.45) is 0. The number of carbonyl (C=O) groups excluding carboxylic acids is 1. The molecule has 120 valence electrons. The van der Waals surface area contributed by atoms with Crippen molar-refractivity contribution in [3.63, 3.8) is 0 Å². The van der Waals surface area contributed by atoms with Crippen LogP contribution in [-0.4, -0.2) is 31.2 Å². The van der Waals surface area contributed by atoms with Crippen molar-refractivity contribution in [3.05, 3.63) is 64.2 Å². The minimum atomic E-state index is -0.512. The van der Waals surface area contributed by atoms with E-state index in [2.05, 4.69) is 5.32 Å². The van der Waals surface area contributed by atoms with Gasteiger partial charge in [-0.25, -0.2) is 0 Å². The van der Waals surface area contributed by atoms with Crippen LogP contribution in [0.5, 0.6) is 5.75 Å². The smallest absolute Gasteiger partial charge is 0.271 e. The Morgan fingerprint density at radius 1 is 1.17 bits per heavy atom. The highest BCUT2D eigenvalue weighted by Crippen LogP contribution is 2.18. The maximum atomic E-state index is 12.1. The summed E-state index contributed by atoms with van der Waals surface area (Å²) in [5.74, 6) is 0.280. The lowest BCUT2D eigenvalue weighted by Gasteiger charge is -2.07. The largest absolute Gasteiger partial charge is 0.491 e. The molecule has 0 saturated heterocycles. The molecule has 0 aliphatic heterocycles. The molecular formula is C16H16N2O5. The number of methoxy groups -OCH3 is 1. The molecule has 0 fully saturated rings. The van der Waals surface area contributed by atoms with E-state index in [1.165, 1.54) is 18.2 Å². The second kappa shape index (κ2) is 7.90. The summed E-state index contributed by atoms with van der Waals surface area (Å²) in [5, 5.41) is 13.3. The van der Waals surface area contributed by atoms with Gasteiger partial charge < -0.3 is 14.8 Å². The molecule has 2 aromatic rings. The number of anilines is 1. The number of ether oxygens (including phenoxy) is 2. The number of nitro groups is 1. The average molecular weight is 316 g/mol. The topological polar surface area (TPSA) is 90.7 Å². The predicted molar refractivity (Wildman–Crippen MR) is 84.9 cm³/mol. The Bertz CT molecular complexity index is 685. The molecule has 1 amide bonds. The van der Waals surface area contributed by atoms with Crippen molar-refractivity contribution in [1.29, 1.82) is 0 Å². The van der Waals surface area contributed by atoms with E-state index in [9.17, 15) is 14.9 Å². The summed E-state index contributed by atoms with van der Waals surface area (Å²) >= 11 is 0. The molecule has 0 spiro atoms. The molecule has 0 radical (unpaired) electrons. The fourth-order valence-corrected chi connectivity index (χ4v) is 1.85. The van der Waals surface area contributed by atoms with Crippen LogP contribution in [0, 0.1) is 10.1 Å². The SMILES string of the molecule is COCCOc1ccc(C(=O)Nc2cccc([N+](=O)[O-])c2)cc1. The predicted octanol–water partition coefficient (Wildman–Crippen LogP) is 2.87. The lowest BCUT2D eigenvalue weighted by atomic mass is 10.2. The van der Waals surface area contributed by atoms with Crippen LogP contribution in [-0.2, 0) is 4.74 Å². The van der Waals surface area contributed by atoms with Crippen LogP contribution in [0.15, 0.2) is 48.5 Å². The molecule has 0 aliphatic carbocycles. The van der Waals surface area contributed by atoms with Gasteiger partial charge in [-0.1, -0.05) is 6.07 Å². The third-order valence-corrected chi connectivity index (χ3v) is 2.99. The maximum absolute atomic E-state index is 12.1. The van der Waals surface area contributed by atoms with Gasteiger partial charge >= 0.3 is 0 Å². The number of hydrogen-bond donors (Lipinski definition) is 1. The van der Waals surface area contributed by atoms with E-state index in [0.717, 1.165) is 0 Å². The Morgan fingerprint density at radius 3 is 2.57 bits per heavy atom. The van der Waals surface area contributed by atoms with E-state index in [0.29, 0.717) is 30.2 Å². The fourth-order valence-electron chi connectivity index (χ4n) is 1.85. The standard InChI is InChI=1S/C16H16N2O5/c1-22-9-10-23-15-7-5-12(6-8-15)16(19)17-13-3-2-4-14(11-13)18(20)21/h2-8,11H,9-10H2,1H3,(H,17,19). The lowest BCUT2D eigenvalue weighted by molar-refractivity contribution is -0.384. The maximum Gasteiger partial charge on any atom is 0.271 e. The van der Waals surface area contributed by atoms with Crippen LogP contribution in [0.3, 0.4) is 0 Å². The normalized spacial score (nSPS) is 10.1. The molecule has 23 heavy (non-hydrogen) atoms. The molecule has 2 aromatic carbocycles. The zero-order chi connectivity index (χ0) is 16.7. The van der Waals surface area contributed by atoms with Crippen molar-refractivity contribution in [1.82, 2.24) is 0 Å². The first-order chi connectivity index (χ1) is 11.1. The molecule has 0 bridgehead atoms. The number of carbonyl (C=O) groups is 1. The number of nitrogens with one attached hydrogen (secondary N) is 1. The van der Waals surface area contributed by atoms with E-state index in [1.807, 2.05) is 0 Å². The van der Waals surface area contributed by atoms with Crippen molar-refractivity contribution in [2.24, 2.45) is 0 Å². The van der Waals surface area contributed by atoms with E-state index >= 15 is 0 Å². The number of nitro benzene ring substituents is 1. The van der Waals surface area contributed by atoms with Crippen molar-refractivity contribution in [2.75, 3.05) is 25.6 Å². The van der Waals surface area contributed by atoms with E-state index in [4.69, 9.17) is 9.47 Å². The minimum Gasteiger partial charge on any atom is -0.491 e. The van der Waals surface area contributed by atoms with Gasteiger partial charge in [-0.2, -0.15) is 0 Å². The monoisotopic (exact) mass is 316 g/mol. The highest BCUT2D eigenvalue weighted by Gasteiger charge is 2.10. The van der Waals surface area contributed by atoms with Gasteiger partial charge in [0.1, 0.15) is 12.4 Å². The Morgan fingerprint density at radius 2 is 1.91 bits per heavy atom. The van der Waals surface area contributed by atoms with Crippen molar-refractivity contribution >= 4 is 17.3 Å². The van der Waals surface area contributed by atoms with Crippen LogP contribution in [0.4, 0.5) is 11.4 Å². The molecule has 7 heteroatoms. The van der Waals surface area contributed by atoms with E-state index < -0.39 is 4.92 Å². The number of non-ortho nitro benzene ring substituents is 1. The summed E-state index contributed by atoms with van der Waals surface area (Å²) in [5.41, 5.74) is 0.713. The highest BCUT2D eigenvalue weighted by molar-refractivity contribution is 6.04. The Kier molecular flexibility index (Phi) is 5.65. The van der Waals surface area contributed by atoms with Crippen molar-refractivity contribution < 1.29 is 19.2 Å². The number of hydrogen-bond acceptors (Lipinski definition) is 5. The molecule has 0 heterocycles. The van der Waals surface area contributed by atoms with Gasteiger partial charge in [-0.3, -0.25) is 14.9 Å². The highest BCUT2D eigenvalue weighted by atomic mass is 16.6. The van der Waals surface area contributed by atoms with Gasteiger partial charge in [0.25, 0.3) is 11.6 Å². The van der Waals surface area contributed by atoms with Crippen LogP contribution < -0.4 is 10.1 Å². The zero-order valence-corrected chi connectivity index (χ0v) is 12.5. The summed E-state index contributed by atoms with van der Waals surface area (Å²) in [4.78, 5) is 22.3. The van der Waals surface area contributed by atoms with Crippen LogP contribution in [0.2, 0.25) is 0 Å². The van der Waals surface area contributed by atoms with Crippen molar-refractivity contribution in [2.45, 2.75) is 0 Å². The fraction of sp³-hybridized carbons (Fsp3) is 0.188. The number of benzene rings is 2. The minimum absolute atomic E-state index is 0.0790. The van der Waals surface area contributed by atoms with Gasteiger partial charge in [0.2, 0.25) is 0 Å². The van der Waals surface area contributed by atoms with Crippen molar-refractivity contribution in [3.8, 4) is 5.75 Å². The third kappa shape index (κ3) is 4.79. The molecule has 0 unspecified atom stereocenters. The molecular weight excluding hydrogens is 300 g/mol. The molecule has 1 N–H and O–H groups in total. The lowest BCUT2D eigenvalue weighted by Crippen LogP contribution is -2.12. The first-order valence-electron chi connectivity index (χ1n) is 6.88. The molecule has 7 nitrogen and oxygen atoms in total. The molecule has 0 atom stereocenters. The average Bonchev–Trinajstić information content (AvgIpc) is 2.56. The Hall–Kier alpha value is -2.93. The van der Waals surface area contributed by atoms with Gasteiger partial charge in [0.05, 0.1) is 11.5 Å². The number of nitrogens with zero attached hydrogens (tertiary/aromatic N) is 1. The molecule has 0 aliphatic rings. The number of amides is 1. The van der Waals surface area contributed by atoms with Gasteiger partial charge in [0.15, 0.2) is 0 Å². The summed E-state index contributed by atoms with van der Waals surface area (Å²) < 4.78 is 10.3. The van der Waals surface area contributed by atoms with Crippen LogP contribution >= 0.6 is 0 Å². The van der Waals surface area contributed by atoms with E-state index in [1.54, 1.807) is 37.4 Å². The summed E-state index contributed by atoms with van der Waals surface area (Å²) in [6.45, 7) is 0.907.